The molecule has 4 nitrogen and oxygen atoms in total. The highest BCUT2D eigenvalue weighted by Crippen LogP contribution is 2.24. The maximum Gasteiger partial charge on any atom is 0.325 e. The molecule has 0 aliphatic heterocycles. The molecule has 2 aromatic carbocycles. The Kier molecular flexibility index (Phi) is 6.02. The first-order valence-corrected chi connectivity index (χ1v) is 7.66. The summed E-state index contributed by atoms with van der Waals surface area (Å²) in [7, 11) is 0. The van der Waals surface area contributed by atoms with Crippen LogP contribution < -0.4 is 5.32 Å². The lowest BCUT2D eigenvalue weighted by Crippen LogP contribution is -2.30. The lowest BCUT2D eigenvalue weighted by molar-refractivity contribution is -0.143. The molecule has 0 spiro atoms. The van der Waals surface area contributed by atoms with Gasteiger partial charge in [0.1, 0.15) is 13.2 Å². The Morgan fingerprint density at radius 3 is 2.39 bits per heavy atom. The molecule has 0 aliphatic rings. The highest BCUT2D eigenvalue weighted by atomic mass is 35.5. The number of carbonyl (C=O) groups excluding carboxylic acids is 2. The van der Waals surface area contributed by atoms with E-state index in [1.807, 2.05) is 13.0 Å². The number of amides is 1. The number of hydrogen-bond acceptors (Lipinski definition) is 3. The third-order valence-electron chi connectivity index (χ3n) is 3.11. The first-order valence-electron chi connectivity index (χ1n) is 6.91. The van der Waals surface area contributed by atoms with Gasteiger partial charge in [-0.3, -0.25) is 9.59 Å². The normalized spacial score (nSPS) is 10.2. The second-order valence-electron chi connectivity index (χ2n) is 4.91. The van der Waals surface area contributed by atoms with E-state index in [4.69, 9.17) is 27.9 Å². The number of esters is 1. The van der Waals surface area contributed by atoms with Gasteiger partial charge in [-0.05, 0) is 31.2 Å². The van der Waals surface area contributed by atoms with E-state index in [-0.39, 0.29) is 19.1 Å². The van der Waals surface area contributed by atoms with Gasteiger partial charge < -0.3 is 10.1 Å². The van der Waals surface area contributed by atoms with Gasteiger partial charge in [-0.25, -0.2) is 0 Å². The van der Waals surface area contributed by atoms with E-state index < -0.39 is 5.97 Å². The van der Waals surface area contributed by atoms with Crippen LogP contribution in [0, 0.1) is 6.92 Å². The Balaban J connectivity index is 1.85. The summed E-state index contributed by atoms with van der Waals surface area (Å²) in [6.07, 6.45) is 0. The average molecular weight is 352 g/mol. The van der Waals surface area contributed by atoms with Gasteiger partial charge in [0.15, 0.2) is 0 Å². The number of hydrogen-bond donors (Lipinski definition) is 1. The lowest BCUT2D eigenvalue weighted by Gasteiger charge is -2.09. The van der Waals surface area contributed by atoms with Gasteiger partial charge in [0, 0.05) is 21.2 Å². The summed E-state index contributed by atoms with van der Waals surface area (Å²) in [5.74, 6) is -0.900. The second-order valence-corrected chi connectivity index (χ2v) is 5.73. The van der Waals surface area contributed by atoms with Crippen molar-refractivity contribution in [1.29, 1.82) is 0 Å². The van der Waals surface area contributed by atoms with E-state index >= 15 is 0 Å². The minimum Gasteiger partial charge on any atom is -0.459 e. The van der Waals surface area contributed by atoms with Gasteiger partial charge in [0.05, 0.1) is 0 Å². The monoisotopic (exact) mass is 351 g/mol. The maximum atomic E-state index is 11.9. The number of aryl methyl sites for hydroxylation is 1. The first-order chi connectivity index (χ1) is 11.0. The molecule has 0 atom stereocenters. The van der Waals surface area contributed by atoms with Crippen molar-refractivity contribution >= 4 is 35.1 Å². The van der Waals surface area contributed by atoms with Gasteiger partial charge >= 0.3 is 5.97 Å². The van der Waals surface area contributed by atoms with Crippen molar-refractivity contribution in [2.75, 3.05) is 6.54 Å². The molecule has 2 rings (SSSR count). The average Bonchev–Trinajstić information content (AvgIpc) is 2.52. The van der Waals surface area contributed by atoms with Crippen LogP contribution in [0.15, 0.2) is 42.5 Å². The molecule has 0 saturated heterocycles. The zero-order chi connectivity index (χ0) is 16.8. The largest absolute Gasteiger partial charge is 0.459 e. The smallest absolute Gasteiger partial charge is 0.325 e. The molecule has 6 heteroatoms. The third-order valence-corrected chi connectivity index (χ3v) is 3.82. The molecule has 0 aromatic heterocycles. The van der Waals surface area contributed by atoms with Crippen molar-refractivity contribution in [1.82, 2.24) is 5.32 Å². The standard InChI is InChI=1S/C17H15Cl2NO3/c1-11-4-2-5-12(8-11)17(22)20-9-16(21)23-10-13-14(18)6-3-7-15(13)19/h2-8H,9-10H2,1H3,(H,20,22). The molecule has 1 amide bonds. The van der Waals surface area contributed by atoms with E-state index in [2.05, 4.69) is 5.32 Å². The lowest BCUT2D eigenvalue weighted by atomic mass is 10.1. The van der Waals surface area contributed by atoms with E-state index in [0.29, 0.717) is 21.2 Å². The van der Waals surface area contributed by atoms with Crippen LogP contribution in [-0.2, 0) is 16.1 Å². The summed E-state index contributed by atoms with van der Waals surface area (Å²) < 4.78 is 5.08. The molecular formula is C17H15Cl2NO3. The fourth-order valence-electron chi connectivity index (χ4n) is 1.91. The third kappa shape index (κ3) is 4.98. The Labute approximate surface area is 144 Å². The van der Waals surface area contributed by atoms with Gasteiger partial charge in [0.2, 0.25) is 0 Å². The molecular weight excluding hydrogens is 337 g/mol. The first kappa shape index (κ1) is 17.3. The van der Waals surface area contributed by atoms with Crippen molar-refractivity contribution in [3.05, 3.63) is 69.2 Å². The molecule has 0 aliphatic carbocycles. The van der Waals surface area contributed by atoms with Crippen molar-refractivity contribution in [3.63, 3.8) is 0 Å². The molecule has 1 N–H and O–H groups in total. The molecule has 0 bridgehead atoms. The van der Waals surface area contributed by atoms with Crippen molar-refractivity contribution < 1.29 is 14.3 Å². The van der Waals surface area contributed by atoms with Crippen LogP contribution in [0.3, 0.4) is 0 Å². The van der Waals surface area contributed by atoms with E-state index in [0.717, 1.165) is 5.56 Å². The number of carbonyl (C=O) groups is 2. The van der Waals surface area contributed by atoms with Crippen LogP contribution >= 0.6 is 23.2 Å². The molecule has 0 radical (unpaired) electrons. The van der Waals surface area contributed by atoms with Crippen LogP contribution in [-0.4, -0.2) is 18.4 Å². The summed E-state index contributed by atoms with van der Waals surface area (Å²) in [6.45, 7) is 1.62. The molecule has 23 heavy (non-hydrogen) atoms. The summed E-state index contributed by atoms with van der Waals surface area (Å²) in [5.41, 5.74) is 2.00. The fourth-order valence-corrected chi connectivity index (χ4v) is 2.42. The van der Waals surface area contributed by atoms with Gasteiger partial charge in [-0.15, -0.1) is 0 Å². The fraction of sp³-hybridized carbons (Fsp3) is 0.176. The predicted octanol–water partition coefficient (Wildman–Crippen LogP) is 3.78. The molecule has 0 saturated carbocycles. The molecule has 0 heterocycles. The zero-order valence-electron chi connectivity index (χ0n) is 12.4. The van der Waals surface area contributed by atoms with E-state index in [1.54, 1.807) is 36.4 Å². The topological polar surface area (TPSA) is 55.4 Å². The van der Waals surface area contributed by atoms with Crippen molar-refractivity contribution in [2.24, 2.45) is 0 Å². The maximum absolute atomic E-state index is 11.9. The van der Waals surface area contributed by atoms with Crippen molar-refractivity contribution in [2.45, 2.75) is 13.5 Å². The van der Waals surface area contributed by atoms with Crippen LogP contribution in [0.4, 0.5) is 0 Å². The Hall–Kier alpha value is -2.04. The van der Waals surface area contributed by atoms with E-state index in [9.17, 15) is 9.59 Å². The minimum absolute atomic E-state index is 0.0440. The second kappa shape index (κ2) is 7.99. The van der Waals surface area contributed by atoms with Crippen LogP contribution in [0.5, 0.6) is 0 Å². The summed E-state index contributed by atoms with van der Waals surface area (Å²) in [5, 5.41) is 3.36. The van der Waals surface area contributed by atoms with Gasteiger partial charge in [-0.2, -0.15) is 0 Å². The van der Waals surface area contributed by atoms with E-state index in [1.165, 1.54) is 0 Å². The summed E-state index contributed by atoms with van der Waals surface area (Å²) in [4.78, 5) is 23.6. The highest BCUT2D eigenvalue weighted by Gasteiger charge is 2.11. The van der Waals surface area contributed by atoms with Gasteiger partial charge in [-0.1, -0.05) is 47.0 Å². The Bertz CT molecular complexity index is 711. The number of nitrogens with one attached hydrogen (secondary N) is 1. The predicted molar refractivity (Wildman–Crippen MR) is 89.8 cm³/mol. The molecule has 2 aromatic rings. The van der Waals surface area contributed by atoms with Crippen LogP contribution in [0.25, 0.3) is 0 Å². The summed E-state index contributed by atoms with van der Waals surface area (Å²) >= 11 is 12.0. The highest BCUT2D eigenvalue weighted by molar-refractivity contribution is 6.35. The summed E-state index contributed by atoms with van der Waals surface area (Å²) in [6, 6.07) is 12.1. The zero-order valence-corrected chi connectivity index (χ0v) is 13.9. The minimum atomic E-state index is -0.568. The Morgan fingerprint density at radius 2 is 1.74 bits per heavy atom. The van der Waals surface area contributed by atoms with Crippen LogP contribution in [0.1, 0.15) is 21.5 Å². The van der Waals surface area contributed by atoms with Crippen LogP contribution in [0.2, 0.25) is 10.0 Å². The number of benzene rings is 2. The quantitative estimate of drug-likeness (QED) is 0.834. The SMILES string of the molecule is Cc1cccc(C(=O)NCC(=O)OCc2c(Cl)cccc2Cl)c1. The molecule has 120 valence electrons. The number of ether oxygens (including phenoxy) is 1. The number of rotatable bonds is 5. The molecule has 0 fully saturated rings. The molecule has 0 unspecified atom stereocenters. The number of halogens is 2. The van der Waals surface area contributed by atoms with Crippen molar-refractivity contribution in [3.8, 4) is 0 Å². The van der Waals surface area contributed by atoms with Gasteiger partial charge in [0.25, 0.3) is 5.91 Å². The Morgan fingerprint density at radius 1 is 1.09 bits per heavy atom.